The minimum Gasteiger partial charge on any atom is -0.481 e. The van der Waals surface area contributed by atoms with Crippen molar-refractivity contribution < 1.29 is 9.53 Å². The van der Waals surface area contributed by atoms with Crippen LogP contribution >= 0.6 is 0 Å². The molecule has 1 atom stereocenters. The van der Waals surface area contributed by atoms with Crippen molar-refractivity contribution in [1.29, 1.82) is 0 Å². The van der Waals surface area contributed by atoms with Gasteiger partial charge in [-0.25, -0.2) is 4.98 Å². The average Bonchev–Trinajstić information content (AvgIpc) is 3.40. The van der Waals surface area contributed by atoms with E-state index < -0.39 is 0 Å². The summed E-state index contributed by atoms with van der Waals surface area (Å²) in [5.74, 6) is 0.764. The Bertz CT molecular complexity index is 767. The van der Waals surface area contributed by atoms with Crippen molar-refractivity contribution in [2.75, 3.05) is 33.3 Å². The number of carbonyl (C=O) groups excluding carboxylic acids is 1. The smallest absolute Gasteiger partial charge is 0.254 e. The van der Waals surface area contributed by atoms with Crippen LogP contribution in [-0.2, 0) is 0 Å². The molecule has 27 heavy (non-hydrogen) atoms. The van der Waals surface area contributed by atoms with E-state index in [1.807, 2.05) is 36.4 Å². The van der Waals surface area contributed by atoms with Crippen LogP contribution < -0.4 is 4.74 Å². The fourth-order valence-corrected chi connectivity index (χ4v) is 4.20. The number of methoxy groups -OCH3 is 1. The third-order valence-electron chi connectivity index (χ3n) is 5.72. The number of rotatable bonds is 5. The minimum absolute atomic E-state index is 0.163. The van der Waals surface area contributed by atoms with Gasteiger partial charge in [-0.3, -0.25) is 4.79 Å². The molecule has 2 aromatic rings. The van der Waals surface area contributed by atoms with E-state index in [1.165, 1.54) is 25.9 Å². The number of aromatic nitrogens is 1. The molecule has 0 aliphatic carbocycles. The number of amides is 1. The van der Waals surface area contributed by atoms with Gasteiger partial charge < -0.3 is 14.5 Å². The van der Waals surface area contributed by atoms with E-state index in [2.05, 4.69) is 14.8 Å². The number of hydrogen-bond donors (Lipinski definition) is 0. The van der Waals surface area contributed by atoms with E-state index in [1.54, 1.807) is 13.3 Å². The standard InChI is InChI=1S/C22H27N3O2/c1-27-21-11-10-19(15-23-21)17-6-8-18(9-7-17)22(26)25-14-4-5-20(25)16-24-12-2-3-13-24/h6-11,15,20H,2-5,12-14,16H2,1H3/t20-/m0/s1. The maximum atomic E-state index is 13.0. The molecule has 5 nitrogen and oxygen atoms in total. The van der Waals surface area contributed by atoms with Gasteiger partial charge in [0.05, 0.1) is 7.11 Å². The number of hydrogen-bond acceptors (Lipinski definition) is 4. The molecule has 3 heterocycles. The third-order valence-corrected chi connectivity index (χ3v) is 5.72. The molecule has 1 amide bonds. The quantitative estimate of drug-likeness (QED) is 0.814. The summed E-state index contributed by atoms with van der Waals surface area (Å²) in [7, 11) is 1.61. The topological polar surface area (TPSA) is 45.7 Å². The lowest BCUT2D eigenvalue weighted by Gasteiger charge is -2.28. The lowest BCUT2D eigenvalue weighted by atomic mass is 10.0. The molecular formula is C22H27N3O2. The first-order valence-electron chi connectivity index (χ1n) is 9.88. The molecule has 1 aromatic carbocycles. The molecule has 0 spiro atoms. The predicted octanol–water partition coefficient (Wildman–Crippen LogP) is 3.46. The zero-order valence-corrected chi connectivity index (χ0v) is 15.9. The first-order chi connectivity index (χ1) is 13.2. The number of benzene rings is 1. The summed E-state index contributed by atoms with van der Waals surface area (Å²) < 4.78 is 5.11. The highest BCUT2D eigenvalue weighted by molar-refractivity contribution is 5.95. The fraction of sp³-hybridized carbons (Fsp3) is 0.455. The summed E-state index contributed by atoms with van der Waals surface area (Å²) in [5, 5.41) is 0. The molecule has 5 heteroatoms. The van der Waals surface area contributed by atoms with Gasteiger partial charge in [0.25, 0.3) is 5.91 Å². The number of nitrogens with zero attached hydrogens (tertiary/aromatic N) is 3. The number of likely N-dealkylation sites (tertiary alicyclic amines) is 2. The van der Waals surface area contributed by atoms with Gasteiger partial charge in [0.1, 0.15) is 0 Å². The zero-order chi connectivity index (χ0) is 18.6. The molecule has 0 unspecified atom stereocenters. The van der Waals surface area contributed by atoms with Crippen LogP contribution in [0.1, 0.15) is 36.0 Å². The van der Waals surface area contributed by atoms with Gasteiger partial charge in [0.15, 0.2) is 0 Å². The van der Waals surface area contributed by atoms with Crippen molar-refractivity contribution in [3.05, 3.63) is 48.2 Å². The summed E-state index contributed by atoms with van der Waals surface area (Å²) in [5.41, 5.74) is 2.84. The van der Waals surface area contributed by atoms with Crippen molar-refractivity contribution >= 4 is 5.91 Å². The number of ether oxygens (including phenoxy) is 1. The van der Waals surface area contributed by atoms with Crippen molar-refractivity contribution in [3.63, 3.8) is 0 Å². The van der Waals surface area contributed by atoms with E-state index in [0.717, 1.165) is 42.6 Å². The monoisotopic (exact) mass is 365 g/mol. The fourth-order valence-electron chi connectivity index (χ4n) is 4.20. The summed E-state index contributed by atoms with van der Waals surface area (Å²) in [6, 6.07) is 12.1. The second kappa shape index (κ2) is 8.09. The van der Waals surface area contributed by atoms with Crippen LogP contribution in [0.15, 0.2) is 42.6 Å². The lowest BCUT2D eigenvalue weighted by Crippen LogP contribution is -2.42. The maximum absolute atomic E-state index is 13.0. The third kappa shape index (κ3) is 3.98. The van der Waals surface area contributed by atoms with Crippen LogP contribution in [0.3, 0.4) is 0 Å². The first kappa shape index (κ1) is 18.0. The first-order valence-corrected chi connectivity index (χ1v) is 9.88. The minimum atomic E-state index is 0.163. The predicted molar refractivity (Wildman–Crippen MR) is 106 cm³/mol. The molecule has 0 radical (unpaired) electrons. The molecule has 2 saturated heterocycles. The largest absolute Gasteiger partial charge is 0.481 e. The summed E-state index contributed by atoms with van der Waals surface area (Å²) >= 11 is 0. The van der Waals surface area contributed by atoms with E-state index >= 15 is 0 Å². The number of carbonyl (C=O) groups is 1. The Kier molecular flexibility index (Phi) is 5.39. The Balaban J connectivity index is 1.44. The van der Waals surface area contributed by atoms with Crippen molar-refractivity contribution in [2.24, 2.45) is 0 Å². The van der Waals surface area contributed by atoms with Gasteiger partial charge in [-0.1, -0.05) is 12.1 Å². The SMILES string of the molecule is COc1ccc(-c2ccc(C(=O)N3CCC[C@H]3CN3CCCC3)cc2)cn1. The van der Waals surface area contributed by atoms with Crippen LogP contribution in [0, 0.1) is 0 Å². The van der Waals surface area contributed by atoms with Crippen LogP contribution in [0.4, 0.5) is 0 Å². The highest BCUT2D eigenvalue weighted by Gasteiger charge is 2.31. The molecule has 4 rings (SSSR count). The molecule has 2 fully saturated rings. The van der Waals surface area contributed by atoms with Gasteiger partial charge in [0.2, 0.25) is 5.88 Å². The Morgan fingerprint density at radius 3 is 2.44 bits per heavy atom. The van der Waals surface area contributed by atoms with Gasteiger partial charge in [-0.15, -0.1) is 0 Å². The normalized spacial score (nSPS) is 20.2. The van der Waals surface area contributed by atoms with Gasteiger partial charge in [-0.2, -0.15) is 0 Å². The molecule has 142 valence electrons. The van der Waals surface area contributed by atoms with Gasteiger partial charge in [-0.05, 0) is 62.5 Å². The Morgan fingerprint density at radius 2 is 1.78 bits per heavy atom. The van der Waals surface area contributed by atoms with E-state index in [-0.39, 0.29) is 5.91 Å². The Hall–Kier alpha value is -2.40. The van der Waals surface area contributed by atoms with Crippen molar-refractivity contribution in [3.8, 4) is 17.0 Å². The lowest BCUT2D eigenvalue weighted by molar-refractivity contribution is 0.0709. The zero-order valence-electron chi connectivity index (χ0n) is 15.9. The van der Waals surface area contributed by atoms with Crippen LogP contribution in [0.25, 0.3) is 11.1 Å². The molecule has 0 saturated carbocycles. The second-order valence-corrected chi connectivity index (χ2v) is 7.47. The molecule has 2 aliphatic rings. The second-order valence-electron chi connectivity index (χ2n) is 7.47. The Morgan fingerprint density at radius 1 is 1.04 bits per heavy atom. The molecule has 1 aromatic heterocycles. The molecule has 0 N–H and O–H groups in total. The van der Waals surface area contributed by atoms with Gasteiger partial charge >= 0.3 is 0 Å². The Labute approximate surface area is 161 Å². The van der Waals surface area contributed by atoms with E-state index in [4.69, 9.17) is 4.74 Å². The molecular weight excluding hydrogens is 338 g/mol. The highest BCUT2D eigenvalue weighted by Crippen LogP contribution is 2.25. The number of pyridine rings is 1. The summed E-state index contributed by atoms with van der Waals surface area (Å²) in [6.45, 7) is 4.27. The van der Waals surface area contributed by atoms with Crippen molar-refractivity contribution in [2.45, 2.75) is 31.7 Å². The van der Waals surface area contributed by atoms with E-state index in [9.17, 15) is 4.79 Å². The van der Waals surface area contributed by atoms with Crippen molar-refractivity contribution in [1.82, 2.24) is 14.8 Å². The highest BCUT2D eigenvalue weighted by atomic mass is 16.5. The molecule has 2 aliphatic heterocycles. The average molecular weight is 365 g/mol. The van der Waals surface area contributed by atoms with Crippen LogP contribution in [-0.4, -0.2) is 60.0 Å². The van der Waals surface area contributed by atoms with Gasteiger partial charge in [0, 0.05) is 42.5 Å². The maximum Gasteiger partial charge on any atom is 0.254 e. The summed E-state index contributed by atoms with van der Waals surface area (Å²) in [4.78, 5) is 21.9. The van der Waals surface area contributed by atoms with Crippen LogP contribution in [0.5, 0.6) is 5.88 Å². The van der Waals surface area contributed by atoms with E-state index in [0.29, 0.717) is 11.9 Å². The summed E-state index contributed by atoms with van der Waals surface area (Å²) in [6.07, 6.45) is 6.62. The van der Waals surface area contributed by atoms with Crippen LogP contribution in [0.2, 0.25) is 0 Å². The molecule has 0 bridgehead atoms.